The summed E-state index contributed by atoms with van der Waals surface area (Å²) in [5, 5.41) is 10.5. The summed E-state index contributed by atoms with van der Waals surface area (Å²) >= 11 is 0. The van der Waals surface area contributed by atoms with Gasteiger partial charge in [0.25, 0.3) is 0 Å². The van der Waals surface area contributed by atoms with Gasteiger partial charge < -0.3 is 4.74 Å². The molecule has 0 heterocycles. The van der Waals surface area contributed by atoms with Crippen LogP contribution >= 0.6 is 0 Å². The maximum Gasteiger partial charge on any atom is 0.309 e. The zero-order chi connectivity index (χ0) is 12.8. The Morgan fingerprint density at radius 1 is 1.59 bits per heavy atom. The van der Waals surface area contributed by atoms with Gasteiger partial charge in [0.15, 0.2) is 0 Å². The lowest BCUT2D eigenvalue weighted by molar-refractivity contribution is -0.387. The smallest absolute Gasteiger partial charge is 0.309 e. The van der Waals surface area contributed by atoms with Crippen molar-refractivity contribution >= 4 is 17.7 Å². The summed E-state index contributed by atoms with van der Waals surface area (Å²) in [6, 6.07) is 3.50. The first-order valence-electron chi connectivity index (χ1n) is 4.72. The molecule has 0 saturated heterocycles. The van der Waals surface area contributed by atoms with Crippen LogP contribution in [0, 0.1) is 15.9 Å². The third kappa shape index (κ3) is 3.67. The number of halogens is 1. The molecule has 0 amide bonds. The van der Waals surface area contributed by atoms with Crippen LogP contribution in [0.15, 0.2) is 24.3 Å². The summed E-state index contributed by atoms with van der Waals surface area (Å²) in [6.07, 6.45) is 3.04. The van der Waals surface area contributed by atoms with Gasteiger partial charge in [-0.05, 0) is 11.6 Å². The highest BCUT2D eigenvalue weighted by atomic mass is 19.1. The Bertz CT molecular complexity index is 471. The van der Waals surface area contributed by atoms with E-state index >= 15 is 0 Å². The number of methoxy groups -OCH3 is 1. The predicted molar refractivity (Wildman–Crippen MR) is 58.7 cm³/mol. The number of benzene rings is 1. The Hall–Kier alpha value is -2.24. The van der Waals surface area contributed by atoms with Crippen molar-refractivity contribution < 1.29 is 18.8 Å². The lowest BCUT2D eigenvalue weighted by Crippen LogP contribution is -1.96. The third-order valence-corrected chi connectivity index (χ3v) is 1.99. The summed E-state index contributed by atoms with van der Waals surface area (Å²) < 4.78 is 17.4. The van der Waals surface area contributed by atoms with Crippen LogP contribution in [0.25, 0.3) is 6.08 Å². The van der Waals surface area contributed by atoms with Crippen LogP contribution in [-0.4, -0.2) is 18.0 Å². The van der Waals surface area contributed by atoms with E-state index in [1.165, 1.54) is 25.3 Å². The Morgan fingerprint density at radius 3 is 2.88 bits per heavy atom. The maximum absolute atomic E-state index is 13.0. The van der Waals surface area contributed by atoms with Gasteiger partial charge in [0, 0.05) is 6.07 Å². The van der Waals surface area contributed by atoms with Gasteiger partial charge in [-0.1, -0.05) is 18.2 Å². The van der Waals surface area contributed by atoms with Crippen molar-refractivity contribution in [3.63, 3.8) is 0 Å². The Morgan fingerprint density at radius 2 is 2.29 bits per heavy atom. The number of nitro benzene ring substituents is 1. The molecule has 0 aliphatic heterocycles. The normalized spacial score (nSPS) is 10.5. The van der Waals surface area contributed by atoms with Crippen molar-refractivity contribution in [1.82, 2.24) is 0 Å². The minimum atomic E-state index is -0.889. The van der Waals surface area contributed by atoms with Crippen molar-refractivity contribution in [3.05, 3.63) is 45.8 Å². The molecular formula is C11H10FNO4. The number of nitrogens with zero attached hydrogens (tertiary/aromatic N) is 1. The number of nitro groups is 1. The number of rotatable bonds is 4. The predicted octanol–water partition coefficient (Wildman–Crippen LogP) is 2.31. The second-order valence-corrected chi connectivity index (χ2v) is 3.15. The Balaban J connectivity index is 2.82. The van der Waals surface area contributed by atoms with Crippen LogP contribution in [0.2, 0.25) is 0 Å². The standard InChI is InChI=1S/C11H10FNO4/c1-17-11(14)4-2-3-8-5-6-9(12)10(7-8)13(15)16/h2-3,5-7H,4H2,1H3. The quantitative estimate of drug-likeness (QED) is 0.459. The van der Waals surface area contributed by atoms with Crippen molar-refractivity contribution in [1.29, 1.82) is 0 Å². The minimum Gasteiger partial charge on any atom is -0.469 e. The first-order chi connectivity index (χ1) is 8.04. The number of ether oxygens (including phenoxy) is 1. The number of hydrogen-bond acceptors (Lipinski definition) is 4. The van der Waals surface area contributed by atoms with E-state index < -0.39 is 22.4 Å². The molecule has 17 heavy (non-hydrogen) atoms. The summed E-state index contributed by atoms with van der Waals surface area (Å²) in [5.74, 6) is -1.31. The fraction of sp³-hybridized carbons (Fsp3) is 0.182. The van der Waals surface area contributed by atoms with E-state index in [4.69, 9.17) is 0 Å². The molecule has 5 nitrogen and oxygen atoms in total. The lowest BCUT2D eigenvalue weighted by atomic mass is 10.1. The van der Waals surface area contributed by atoms with E-state index in [9.17, 15) is 19.3 Å². The molecular weight excluding hydrogens is 229 g/mol. The van der Waals surface area contributed by atoms with Gasteiger partial charge in [0.1, 0.15) is 0 Å². The van der Waals surface area contributed by atoms with E-state index in [0.29, 0.717) is 5.56 Å². The monoisotopic (exact) mass is 239 g/mol. The number of carbonyl (C=O) groups excluding carboxylic acids is 1. The van der Waals surface area contributed by atoms with Crippen molar-refractivity contribution in [2.24, 2.45) is 0 Å². The highest BCUT2D eigenvalue weighted by Crippen LogP contribution is 2.19. The number of esters is 1. The first kappa shape index (κ1) is 12.8. The zero-order valence-corrected chi connectivity index (χ0v) is 9.05. The molecule has 0 aliphatic rings. The fourth-order valence-electron chi connectivity index (χ4n) is 1.15. The van der Waals surface area contributed by atoms with Gasteiger partial charge in [-0.2, -0.15) is 4.39 Å². The summed E-state index contributed by atoms with van der Waals surface area (Å²) in [7, 11) is 1.26. The molecule has 0 aliphatic carbocycles. The highest BCUT2D eigenvalue weighted by molar-refractivity contribution is 5.72. The number of carbonyl (C=O) groups is 1. The Labute approximate surface area is 96.7 Å². The highest BCUT2D eigenvalue weighted by Gasteiger charge is 2.13. The topological polar surface area (TPSA) is 69.4 Å². The largest absolute Gasteiger partial charge is 0.469 e. The van der Waals surface area contributed by atoms with E-state index in [-0.39, 0.29) is 6.42 Å². The summed E-state index contributed by atoms with van der Waals surface area (Å²) in [4.78, 5) is 20.5. The van der Waals surface area contributed by atoms with Gasteiger partial charge in [0.2, 0.25) is 5.82 Å². The van der Waals surface area contributed by atoms with Crippen LogP contribution in [0.4, 0.5) is 10.1 Å². The molecule has 0 aromatic heterocycles. The van der Waals surface area contributed by atoms with Crippen molar-refractivity contribution in [3.8, 4) is 0 Å². The average molecular weight is 239 g/mol. The van der Waals surface area contributed by atoms with Crippen LogP contribution < -0.4 is 0 Å². The summed E-state index contributed by atoms with van der Waals surface area (Å²) in [6.45, 7) is 0. The molecule has 0 N–H and O–H groups in total. The average Bonchev–Trinajstić information content (AvgIpc) is 2.30. The molecule has 0 atom stereocenters. The van der Waals surface area contributed by atoms with Gasteiger partial charge in [-0.25, -0.2) is 0 Å². The first-order valence-corrected chi connectivity index (χ1v) is 4.72. The number of hydrogen-bond donors (Lipinski definition) is 0. The van der Waals surface area contributed by atoms with Crippen LogP contribution in [0.1, 0.15) is 12.0 Å². The van der Waals surface area contributed by atoms with Crippen molar-refractivity contribution in [2.45, 2.75) is 6.42 Å². The van der Waals surface area contributed by atoms with Crippen LogP contribution in [-0.2, 0) is 9.53 Å². The molecule has 0 bridgehead atoms. The van der Waals surface area contributed by atoms with Gasteiger partial charge in [-0.15, -0.1) is 0 Å². The SMILES string of the molecule is COC(=O)CC=Cc1ccc(F)c([N+](=O)[O-])c1. The molecule has 1 aromatic rings. The van der Waals surface area contributed by atoms with E-state index in [0.717, 1.165) is 12.1 Å². The molecule has 1 aromatic carbocycles. The van der Waals surface area contributed by atoms with Gasteiger partial charge in [-0.3, -0.25) is 14.9 Å². The molecule has 90 valence electrons. The second-order valence-electron chi connectivity index (χ2n) is 3.15. The fourth-order valence-corrected chi connectivity index (χ4v) is 1.15. The van der Waals surface area contributed by atoms with Gasteiger partial charge >= 0.3 is 11.7 Å². The molecule has 0 fully saturated rings. The Kier molecular flexibility index (Phi) is 4.33. The maximum atomic E-state index is 13.0. The van der Waals surface area contributed by atoms with Gasteiger partial charge in [0.05, 0.1) is 18.5 Å². The minimum absolute atomic E-state index is 0.0572. The van der Waals surface area contributed by atoms with E-state index in [1.54, 1.807) is 0 Å². The molecule has 1 rings (SSSR count). The van der Waals surface area contributed by atoms with Crippen molar-refractivity contribution in [2.75, 3.05) is 7.11 Å². The second kappa shape index (κ2) is 5.74. The lowest BCUT2D eigenvalue weighted by Gasteiger charge is -1.96. The molecule has 0 unspecified atom stereocenters. The summed E-state index contributed by atoms with van der Waals surface area (Å²) in [5.41, 5.74) is -0.146. The molecule has 0 radical (unpaired) electrons. The molecule has 0 spiro atoms. The third-order valence-electron chi connectivity index (χ3n) is 1.99. The molecule has 0 saturated carbocycles. The van der Waals surface area contributed by atoms with E-state index in [1.807, 2.05) is 0 Å². The van der Waals surface area contributed by atoms with E-state index in [2.05, 4.69) is 4.74 Å². The molecule has 6 heteroatoms. The zero-order valence-electron chi connectivity index (χ0n) is 9.05. The van der Waals surface area contributed by atoms with Crippen LogP contribution in [0.5, 0.6) is 0 Å². The van der Waals surface area contributed by atoms with Crippen LogP contribution in [0.3, 0.4) is 0 Å².